The second-order valence-corrected chi connectivity index (χ2v) is 4.98. The lowest BCUT2D eigenvalue weighted by Gasteiger charge is -2.04. The molecule has 0 bridgehead atoms. The van der Waals surface area contributed by atoms with Gasteiger partial charge in [-0.1, -0.05) is 45.7 Å². The van der Waals surface area contributed by atoms with Crippen LogP contribution in [0.15, 0.2) is 46.9 Å². The lowest BCUT2D eigenvalue weighted by Crippen LogP contribution is -1.92. The zero-order valence-corrected chi connectivity index (χ0v) is 10.9. The zero-order chi connectivity index (χ0) is 11.5. The van der Waals surface area contributed by atoms with Crippen LogP contribution in [0.3, 0.4) is 0 Å². The number of nitrogen functional groups attached to an aromatic ring is 1. The summed E-state index contributed by atoms with van der Waals surface area (Å²) in [6.45, 7) is 0. The molecule has 82 valence electrons. The smallest absolute Gasteiger partial charge is 0.0635 e. The summed E-state index contributed by atoms with van der Waals surface area (Å²) >= 11 is 9.29. The van der Waals surface area contributed by atoms with Crippen LogP contribution in [0.25, 0.3) is 0 Å². The molecule has 0 aliphatic carbocycles. The lowest BCUT2D eigenvalue weighted by atomic mass is 10.0. The summed E-state index contributed by atoms with van der Waals surface area (Å²) in [4.78, 5) is 0. The molecule has 2 aromatic rings. The van der Waals surface area contributed by atoms with Gasteiger partial charge in [0, 0.05) is 4.47 Å². The Morgan fingerprint density at radius 3 is 2.25 bits per heavy atom. The van der Waals surface area contributed by atoms with Crippen molar-refractivity contribution in [2.45, 2.75) is 6.42 Å². The molecule has 0 fully saturated rings. The maximum atomic E-state index is 5.87. The first-order valence-electron chi connectivity index (χ1n) is 4.93. The first-order valence-corrected chi connectivity index (χ1v) is 6.10. The Morgan fingerprint density at radius 1 is 1.00 bits per heavy atom. The molecule has 0 saturated heterocycles. The van der Waals surface area contributed by atoms with Gasteiger partial charge in [0.2, 0.25) is 0 Å². The standard InChI is InChI=1S/C13H11BrClN/c14-11-4-1-9(2-5-11)7-10-3-6-12(15)13(16)8-10/h1-6,8H,7,16H2. The molecule has 0 unspecified atom stereocenters. The second kappa shape index (κ2) is 4.89. The number of anilines is 1. The van der Waals surface area contributed by atoms with Gasteiger partial charge in [-0.25, -0.2) is 0 Å². The molecule has 0 aromatic heterocycles. The van der Waals surface area contributed by atoms with Gasteiger partial charge < -0.3 is 5.73 Å². The molecule has 0 radical (unpaired) electrons. The van der Waals surface area contributed by atoms with Crippen molar-refractivity contribution in [3.05, 3.63) is 63.1 Å². The third-order valence-electron chi connectivity index (χ3n) is 2.38. The molecule has 0 aliphatic heterocycles. The molecule has 2 aromatic carbocycles. The Morgan fingerprint density at radius 2 is 1.62 bits per heavy atom. The Hall–Kier alpha value is -0.990. The van der Waals surface area contributed by atoms with Crippen LogP contribution in [0.1, 0.15) is 11.1 Å². The van der Waals surface area contributed by atoms with Crippen LogP contribution in [-0.4, -0.2) is 0 Å². The Bertz CT molecular complexity index is 494. The van der Waals surface area contributed by atoms with Crippen LogP contribution in [0.4, 0.5) is 5.69 Å². The summed E-state index contributed by atoms with van der Waals surface area (Å²) in [6, 6.07) is 14.0. The topological polar surface area (TPSA) is 26.0 Å². The summed E-state index contributed by atoms with van der Waals surface area (Å²) in [5, 5.41) is 0.611. The molecule has 1 nitrogen and oxygen atoms in total. The molecule has 2 rings (SSSR count). The van der Waals surface area contributed by atoms with Crippen molar-refractivity contribution in [3.8, 4) is 0 Å². The number of halogens is 2. The summed E-state index contributed by atoms with van der Waals surface area (Å²) in [7, 11) is 0. The quantitative estimate of drug-likeness (QED) is 0.823. The van der Waals surface area contributed by atoms with E-state index in [1.807, 2.05) is 30.3 Å². The molecule has 3 heteroatoms. The van der Waals surface area contributed by atoms with Crippen LogP contribution in [-0.2, 0) is 6.42 Å². The second-order valence-electron chi connectivity index (χ2n) is 3.66. The first-order chi connectivity index (χ1) is 7.65. The number of benzene rings is 2. The van der Waals surface area contributed by atoms with E-state index in [1.165, 1.54) is 11.1 Å². The molecule has 16 heavy (non-hydrogen) atoms. The maximum Gasteiger partial charge on any atom is 0.0635 e. The van der Waals surface area contributed by atoms with E-state index in [0.717, 1.165) is 10.9 Å². The summed E-state index contributed by atoms with van der Waals surface area (Å²) < 4.78 is 1.09. The van der Waals surface area contributed by atoms with Crippen molar-refractivity contribution in [3.63, 3.8) is 0 Å². The fourth-order valence-corrected chi connectivity index (χ4v) is 1.92. The molecule has 0 aliphatic rings. The van der Waals surface area contributed by atoms with Crippen LogP contribution < -0.4 is 5.73 Å². The third-order valence-corrected chi connectivity index (χ3v) is 3.25. The Kier molecular flexibility index (Phi) is 3.52. The van der Waals surface area contributed by atoms with E-state index in [1.54, 1.807) is 0 Å². The third kappa shape index (κ3) is 2.77. The highest BCUT2D eigenvalue weighted by Gasteiger charge is 2.00. The molecular weight excluding hydrogens is 286 g/mol. The van der Waals surface area contributed by atoms with Crippen LogP contribution in [0.2, 0.25) is 5.02 Å². The molecule has 2 N–H and O–H groups in total. The van der Waals surface area contributed by atoms with Crippen LogP contribution in [0.5, 0.6) is 0 Å². The van der Waals surface area contributed by atoms with Gasteiger partial charge in [-0.15, -0.1) is 0 Å². The molecule has 0 heterocycles. The molecule has 0 amide bonds. The van der Waals surface area contributed by atoms with Crippen LogP contribution >= 0.6 is 27.5 Å². The van der Waals surface area contributed by atoms with Gasteiger partial charge in [0.15, 0.2) is 0 Å². The number of rotatable bonds is 2. The summed E-state index contributed by atoms with van der Waals surface area (Å²) in [5.41, 5.74) is 8.82. The maximum absolute atomic E-state index is 5.87. The van der Waals surface area contributed by atoms with Crippen molar-refractivity contribution in [2.75, 3.05) is 5.73 Å². The van der Waals surface area contributed by atoms with Gasteiger partial charge in [-0.2, -0.15) is 0 Å². The Balaban J connectivity index is 2.20. The van der Waals surface area contributed by atoms with E-state index in [2.05, 4.69) is 28.1 Å². The van der Waals surface area contributed by atoms with Gasteiger partial charge in [0.1, 0.15) is 0 Å². The van der Waals surface area contributed by atoms with E-state index in [0.29, 0.717) is 10.7 Å². The molecular formula is C13H11BrClN. The summed E-state index contributed by atoms with van der Waals surface area (Å²) in [6.07, 6.45) is 0.870. The first kappa shape index (κ1) is 11.5. The monoisotopic (exact) mass is 295 g/mol. The van der Waals surface area contributed by atoms with Crippen molar-refractivity contribution in [1.82, 2.24) is 0 Å². The molecule has 0 atom stereocenters. The van der Waals surface area contributed by atoms with E-state index >= 15 is 0 Å². The SMILES string of the molecule is Nc1cc(Cc2ccc(Br)cc2)ccc1Cl. The molecule has 0 saturated carbocycles. The van der Waals surface area contributed by atoms with Gasteiger partial charge in [0.05, 0.1) is 10.7 Å². The number of hydrogen-bond donors (Lipinski definition) is 1. The van der Waals surface area contributed by atoms with Gasteiger partial charge in [-0.05, 0) is 41.8 Å². The fraction of sp³-hybridized carbons (Fsp3) is 0.0769. The fourth-order valence-electron chi connectivity index (χ4n) is 1.54. The highest BCUT2D eigenvalue weighted by molar-refractivity contribution is 9.10. The van der Waals surface area contributed by atoms with Crippen molar-refractivity contribution >= 4 is 33.2 Å². The van der Waals surface area contributed by atoms with E-state index < -0.39 is 0 Å². The normalized spacial score (nSPS) is 10.4. The highest BCUT2D eigenvalue weighted by atomic mass is 79.9. The minimum Gasteiger partial charge on any atom is -0.398 e. The van der Waals surface area contributed by atoms with Crippen molar-refractivity contribution < 1.29 is 0 Å². The van der Waals surface area contributed by atoms with Gasteiger partial charge in [-0.3, -0.25) is 0 Å². The summed E-state index contributed by atoms with van der Waals surface area (Å²) in [5.74, 6) is 0. The number of nitrogens with two attached hydrogens (primary N) is 1. The largest absolute Gasteiger partial charge is 0.398 e. The minimum atomic E-state index is 0.611. The number of hydrogen-bond acceptors (Lipinski definition) is 1. The zero-order valence-electron chi connectivity index (χ0n) is 8.58. The highest BCUT2D eigenvalue weighted by Crippen LogP contribution is 2.21. The van der Waals surface area contributed by atoms with E-state index in [-0.39, 0.29) is 0 Å². The lowest BCUT2D eigenvalue weighted by molar-refractivity contribution is 1.19. The van der Waals surface area contributed by atoms with Crippen molar-refractivity contribution in [2.24, 2.45) is 0 Å². The van der Waals surface area contributed by atoms with E-state index in [4.69, 9.17) is 17.3 Å². The minimum absolute atomic E-state index is 0.611. The van der Waals surface area contributed by atoms with Gasteiger partial charge >= 0.3 is 0 Å². The average Bonchev–Trinajstić information content (AvgIpc) is 2.27. The van der Waals surface area contributed by atoms with Gasteiger partial charge in [0.25, 0.3) is 0 Å². The Labute approximate surface area is 108 Å². The average molecular weight is 297 g/mol. The predicted octanol–water partition coefficient (Wildman–Crippen LogP) is 4.28. The predicted molar refractivity (Wildman–Crippen MR) is 72.8 cm³/mol. The van der Waals surface area contributed by atoms with Crippen molar-refractivity contribution in [1.29, 1.82) is 0 Å². The molecule has 0 spiro atoms. The van der Waals surface area contributed by atoms with E-state index in [9.17, 15) is 0 Å². The van der Waals surface area contributed by atoms with Crippen LogP contribution in [0, 0.1) is 0 Å².